The summed E-state index contributed by atoms with van der Waals surface area (Å²) >= 11 is 0. The Kier molecular flexibility index (Phi) is 4.42. The molecule has 2 rings (SSSR count). The Hall–Kier alpha value is -2.56. The molecular formula is C16H17FN2O2. The van der Waals surface area contributed by atoms with Crippen molar-refractivity contribution in [1.29, 1.82) is 0 Å². The summed E-state index contributed by atoms with van der Waals surface area (Å²) in [5.41, 5.74) is 7.33. The fourth-order valence-electron chi connectivity index (χ4n) is 2.05. The fraction of sp³-hybridized carbons (Fsp3) is 0.188. The van der Waals surface area contributed by atoms with Crippen LogP contribution in [0.5, 0.6) is 5.75 Å². The van der Waals surface area contributed by atoms with Crippen LogP contribution in [0.15, 0.2) is 42.5 Å². The van der Waals surface area contributed by atoms with Crippen molar-refractivity contribution in [3.63, 3.8) is 0 Å². The number of hydrogen-bond acceptors (Lipinski definition) is 3. The highest BCUT2D eigenvalue weighted by atomic mass is 19.1. The van der Waals surface area contributed by atoms with Crippen molar-refractivity contribution in [1.82, 2.24) is 4.90 Å². The van der Waals surface area contributed by atoms with E-state index in [1.165, 1.54) is 18.1 Å². The lowest BCUT2D eigenvalue weighted by molar-refractivity contribution is 0.0786. The lowest BCUT2D eigenvalue weighted by atomic mass is 10.1. The van der Waals surface area contributed by atoms with Crippen LogP contribution in [0.3, 0.4) is 0 Å². The van der Waals surface area contributed by atoms with Crippen LogP contribution < -0.4 is 10.5 Å². The lowest BCUT2D eigenvalue weighted by Gasteiger charge is -2.18. The second-order valence-electron chi connectivity index (χ2n) is 4.72. The van der Waals surface area contributed by atoms with Crippen LogP contribution in [0.2, 0.25) is 0 Å². The molecule has 21 heavy (non-hydrogen) atoms. The van der Waals surface area contributed by atoms with E-state index in [9.17, 15) is 9.18 Å². The Balaban J connectivity index is 2.14. The number of halogens is 1. The number of nitrogen functional groups attached to an aromatic ring is 1. The third-order valence-corrected chi connectivity index (χ3v) is 3.17. The third kappa shape index (κ3) is 3.31. The van der Waals surface area contributed by atoms with Crippen LogP contribution in [0, 0.1) is 5.82 Å². The number of ether oxygens (including phenoxy) is 1. The minimum absolute atomic E-state index is 0.181. The monoisotopic (exact) mass is 288 g/mol. The van der Waals surface area contributed by atoms with Crippen LogP contribution in [0.25, 0.3) is 0 Å². The molecule has 0 bridgehead atoms. The Morgan fingerprint density at radius 3 is 2.62 bits per heavy atom. The zero-order valence-corrected chi connectivity index (χ0v) is 12.0. The number of benzene rings is 2. The number of anilines is 1. The molecule has 4 nitrogen and oxygen atoms in total. The van der Waals surface area contributed by atoms with Gasteiger partial charge in [0.15, 0.2) is 11.6 Å². The summed E-state index contributed by atoms with van der Waals surface area (Å²) in [6, 6.07) is 11.5. The van der Waals surface area contributed by atoms with Gasteiger partial charge in [-0.3, -0.25) is 4.79 Å². The van der Waals surface area contributed by atoms with Gasteiger partial charge in [-0.25, -0.2) is 4.39 Å². The maximum Gasteiger partial charge on any atom is 0.255 e. The van der Waals surface area contributed by atoms with E-state index in [1.54, 1.807) is 43.4 Å². The van der Waals surface area contributed by atoms with Crippen LogP contribution in [0.4, 0.5) is 10.1 Å². The van der Waals surface area contributed by atoms with Gasteiger partial charge in [0.05, 0.1) is 12.7 Å². The second-order valence-corrected chi connectivity index (χ2v) is 4.72. The summed E-state index contributed by atoms with van der Waals surface area (Å²) in [5.74, 6) is -0.473. The van der Waals surface area contributed by atoms with E-state index in [0.717, 1.165) is 0 Å². The molecule has 5 heteroatoms. The van der Waals surface area contributed by atoms with Gasteiger partial charge in [0.1, 0.15) is 0 Å². The van der Waals surface area contributed by atoms with E-state index in [-0.39, 0.29) is 18.2 Å². The summed E-state index contributed by atoms with van der Waals surface area (Å²) in [7, 11) is 3.06. The number of amides is 1. The highest BCUT2D eigenvalue weighted by Gasteiger charge is 2.15. The normalized spacial score (nSPS) is 10.2. The quantitative estimate of drug-likeness (QED) is 0.880. The molecule has 0 aliphatic rings. The van der Waals surface area contributed by atoms with Crippen LogP contribution in [-0.4, -0.2) is 25.0 Å². The smallest absolute Gasteiger partial charge is 0.255 e. The SMILES string of the molecule is COc1ccc(CN(C)C(=O)c2ccccc2N)cc1F. The Bertz CT molecular complexity index is 658. The number of nitrogens with zero attached hydrogens (tertiary/aromatic N) is 1. The molecule has 2 aromatic carbocycles. The first kappa shape index (κ1) is 14.8. The van der Waals surface area contributed by atoms with Gasteiger partial charge in [0, 0.05) is 19.3 Å². The van der Waals surface area contributed by atoms with Crippen molar-refractivity contribution < 1.29 is 13.9 Å². The van der Waals surface area contributed by atoms with Crippen molar-refractivity contribution >= 4 is 11.6 Å². The Morgan fingerprint density at radius 1 is 1.29 bits per heavy atom. The van der Waals surface area contributed by atoms with Gasteiger partial charge >= 0.3 is 0 Å². The number of carbonyl (C=O) groups excluding carboxylic acids is 1. The van der Waals surface area contributed by atoms with E-state index in [1.807, 2.05) is 0 Å². The summed E-state index contributed by atoms with van der Waals surface area (Å²) in [5, 5.41) is 0. The second kappa shape index (κ2) is 6.26. The lowest BCUT2D eigenvalue weighted by Crippen LogP contribution is -2.27. The van der Waals surface area contributed by atoms with Gasteiger partial charge in [-0.2, -0.15) is 0 Å². The predicted molar refractivity (Wildman–Crippen MR) is 79.6 cm³/mol. The number of nitrogens with two attached hydrogens (primary N) is 1. The Morgan fingerprint density at radius 2 is 2.00 bits per heavy atom. The van der Waals surface area contributed by atoms with E-state index in [0.29, 0.717) is 16.8 Å². The van der Waals surface area contributed by atoms with Gasteiger partial charge < -0.3 is 15.4 Å². The predicted octanol–water partition coefficient (Wildman–Crippen LogP) is 2.69. The minimum Gasteiger partial charge on any atom is -0.494 e. The zero-order chi connectivity index (χ0) is 15.4. The first-order valence-corrected chi connectivity index (χ1v) is 6.45. The first-order valence-electron chi connectivity index (χ1n) is 6.45. The molecule has 110 valence electrons. The van der Waals surface area contributed by atoms with Crippen LogP contribution in [0.1, 0.15) is 15.9 Å². The maximum atomic E-state index is 13.6. The summed E-state index contributed by atoms with van der Waals surface area (Å²) < 4.78 is 18.5. The molecule has 0 heterocycles. The number of hydrogen-bond donors (Lipinski definition) is 1. The van der Waals surface area contributed by atoms with Crippen molar-refractivity contribution in [3.05, 3.63) is 59.4 Å². The molecular weight excluding hydrogens is 271 g/mol. The van der Waals surface area contributed by atoms with E-state index >= 15 is 0 Å². The Labute approximate surface area is 122 Å². The molecule has 1 amide bonds. The van der Waals surface area contributed by atoms with Gasteiger partial charge in [-0.15, -0.1) is 0 Å². The molecule has 0 aliphatic heterocycles. The van der Waals surface area contributed by atoms with Gasteiger partial charge in [-0.1, -0.05) is 18.2 Å². The van der Waals surface area contributed by atoms with Gasteiger partial charge in [-0.05, 0) is 29.8 Å². The molecule has 0 saturated carbocycles. The minimum atomic E-state index is -0.449. The number of methoxy groups -OCH3 is 1. The van der Waals surface area contributed by atoms with Gasteiger partial charge in [0.25, 0.3) is 5.91 Å². The highest BCUT2D eigenvalue weighted by molar-refractivity contribution is 5.98. The standard InChI is InChI=1S/C16H17FN2O2/c1-19(16(20)12-5-3-4-6-14(12)18)10-11-7-8-15(21-2)13(17)9-11/h3-9H,10,18H2,1-2H3. The first-order chi connectivity index (χ1) is 10.0. The van der Waals surface area contributed by atoms with Crippen molar-refractivity contribution in [2.24, 2.45) is 0 Å². The third-order valence-electron chi connectivity index (χ3n) is 3.17. The van der Waals surface area contributed by atoms with Gasteiger partial charge in [0.2, 0.25) is 0 Å². The van der Waals surface area contributed by atoms with E-state index in [4.69, 9.17) is 10.5 Å². The largest absolute Gasteiger partial charge is 0.494 e. The molecule has 0 fully saturated rings. The molecule has 0 aliphatic carbocycles. The molecule has 2 N–H and O–H groups in total. The average Bonchev–Trinajstić information content (AvgIpc) is 2.47. The zero-order valence-electron chi connectivity index (χ0n) is 12.0. The van der Waals surface area contributed by atoms with Crippen LogP contribution in [-0.2, 0) is 6.54 Å². The highest BCUT2D eigenvalue weighted by Crippen LogP contribution is 2.19. The number of rotatable bonds is 4. The van der Waals surface area contributed by atoms with E-state index < -0.39 is 5.82 Å². The van der Waals surface area contributed by atoms with Crippen molar-refractivity contribution in [2.45, 2.75) is 6.54 Å². The van der Waals surface area contributed by atoms with E-state index in [2.05, 4.69) is 0 Å². The van der Waals surface area contributed by atoms with Crippen LogP contribution >= 0.6 is 0 Å². The summed E-state index contributed by atoms with van der Waals surface area (Å²) in [6.45, 7) is 0.286. The molecule has 0 unspecified atom stereocenters. The van der Waals surface area contributed by atoms with Crippen molar-refractivity contribution in [2.75, 3.05) is 19.9 Å². The molecule has 0 saturated heterocycles. The maximum absolute atomic E-state index is 13.6. The molecule has 2 aromatic rings. The fourth-order valence-corrected chi connectivity index (χ4v) is 2.05. The average molecular weight is 288 g/mol. The molecule has 0 atom stereocenters. The number of para-hydroxylation sites is 1. The summed E-state index contributed by atoms with van der Waals surface area (Å²) in [6.07, 6.45) is 0. The summed E-state index contributed by atoms with van der Waals surface area (Å²) in [4.78, 5) is 13.8. The molecule has 0 spiro atoms. The van der Waals surface area contributed by atoms with Crippen molar-refractivity contribution in [3.8, 4) is 5.75 Å². The molecule has 0 radical (unpaired) electrons. The molecule has 0 aromatic heterocycles. The topological polar surface area (TPSA) is 55.6 Å². The number of carbonyl (C=O) groups is 1.